The van der Waals surface area contributed by atoms with Crippen LogP contribution >= 0.6 is 0 Å². The van der Waals surface area contributed by atoms with Crippen molar-refractivity contribution >= 4 is 17.9 Å². The van der Waals surface area contributed by atoms with Crippen LogP contribution in [-0.2, 0) is 28.6 Å². The van der Waals surface area contributed by atoms with Gasteiger partial charge in [-0.15, -0.1) is 0 Å². The molecule has 0 rings (SSSR count). The molecule has 0 aliphatic carbocycles. The summed E-state index contributed by atoms with van der Waals surface area (Å²) < 4.78 is 16.9. The highest BCUT2D eigenvalue weighted by Crippen LogP contribution is 2.16. The third kappa shape index (κ3) is 66.2. The molecule has 0 spiro atoms. The lowest BCUT2D eigenvalue weighted by Crippen LogP contribution is -2.30. The van der Waals surface area contributed by atoms with Crippen molar-refractivity contribution in [3.05, 3.63) is 134 Å². The standard InChI is InChI=1S/C75H124O6/c1-4-7-10-13-16-18-20-22-24-26-28-30-32-34-36-37-39-40-42-44-46-48-50-52-54-56-59-62-65-68-74(77)80-71-72(70-79-73(76)67-64-61-58-15-12-9-6-3)81-75(78)69-66-63-60-57-55-53-51-49-47-45-43-41-38-35-33-31-29-27-25-23-21-19-17-14-11-8-5-2/h7-8,10-11,16-19,22-25,28-31,34-36,38,43,45,72H,4-6,9,12-15,20-21,26-27,32-33,37,39-42,44,46-71H2,1-3H3/b10-7-,11-8-,18-16-,19-17-,24-22-,25-23-,30-28-,31-29-,36-34-,38-35-,45-43-. The second kappa shape index (κ2) is 68.1. The Morgan fingerprint density at radius 3 is 0.753 bits per heavy atom. The van der Waals surface area contributed by atoms with Crippen molar-refractivity contribution in [2.24, 2.45) is 0 Å². The van der Waals surface area contributed by atoms with Crippen LogP contribution in [0.25, 0.3) is 0 Å². The molecule has 0 aliphatic rings. The van der Waals surface area contributed by atoms with E-state index in [-0.39, 0.29) is 31.1 Å². The molecule has 1 atom stereocenters. The summed E-state index contributed by atoms with van der Waals surface area (Å²) in [4.78, 5) is 38.2. The van der Waals surface area contributed by atoms with Gasteiger partial charge in [0.1, 0.15) is 13.2 Å². The summed E-state index contributed by atoms with van der Waals surface area (Å²) in [5, 5.41) is 0. The fourth-order valence-electron chi connectivity index (χ4n) is 9.18. The first-order valence-electron chi connectivity index (χ1n) is 33.7. The normalized spacial score (nSPS) is 13.0. The van der Waals surface area contributed by atoms with Crippen molar-refractivity contribution in [2.45, 2.75) is 309 Å². The van der Waals surface area contributed by atoms with Gasteiger partial charge in [-0.3, -0.25) is 14.4 Å². The van der Waals surface area contributed by atoms with Crippen LogP contribution in [0.3, 0.4) is 0 Å². The van der Waals surface area contributed by atoms with E-state index in [1.54, 1.807) is 0 Å². The summed E-state index contributed by atoms with van der Waals surface area (Å²) in [5.74, 6) is -0.894. The molecule has 1 unspecified atom stereocenters. The van der Waals surface area contributed by atoms with Gasteiger partial charge in [0.15, 0.2) is 6.10 Å². The maximum Gasteiger partial charge on any atom is 0.306 e. The molecule has 6 nitrogen and oxygen atoms in total. The highest BCUT2D eigenvalue weighted by molar-refractivity contribution is 5.71. The Hall–Kier alpha value is -4.45. The smallest absolute Gasteiger partial charge is 0.306 e. The van der Waals surface area contributed by atoms with Gasteiger partial charge in [0, 0.05) is 19.3 Å². The van der Waals surface area contributed by atoms with Crippen molar-refractivity contribution in [1.29, 1.82) is 0 Å². The van der Waals surface area contributed by atoms with Crippen LogP contribution in [0.1, 0.15) is 303 Å². The largest absolute Gasteiger partial charge is 0.462 e. The monoisotopic (exact) mass is 1120 g/mol. The van der Waals surface area contributed by atoms with Crippen molar-refractivity contribution in [3.63, 3.8) is 0 Å². The molecule has 0 aliphatic heterocycles. The number of hydrogen-bond donors (Lipinski definition) is 0. The van der Waals surface area contributed by atoms with Gasteiger partial charge >= 0.3 is 17.9 Å². The molecule has 0 aromatic heterocycles. The Kier molecular flexibility index (Phi) is 64.3. The van der Waals surface area contributed by atoms with Crippen molar-refractivity contribution in [2.75, 3.05) is 13.2 Å². The number of rotatable bonds is 60. The first-order valence-corrected chi connectivity index (χ1v) is 33.7. The number of allylic oxidation sites excluding steroid dienone is 22. The number of carbonyl (C=O) groups is 3. The molecular formula is C75H124O6. The predicted octanol–water partition coefficient (Wildman–Crippen LogP) is 23.3. The Morgan fingerprint density at radius 1 is 0.259 bits per heavy atom. The zero-order valence-corrected chi connectivity index (χ0v) is 52.8. The molecule has 6 heteroatoms. The van der Waals surface area contributed by atoms with Crippen LogP contribution in [-0.4, -0.2) is 37.2 Å². The first-order chi connectivity index (χ1) is 40.0. The van der Waals surface area contributed by atoms with Gasteiger partial charge in [0.25, 0.3) is 0 Å². The Morgan fingerprint density at radius 2 is 0.481 bits per heavy atom. The number of hydrogen-bond acceptors (Lipinski definition) is 6. The lowest BCUT2D eigenvalue weighted by molar-refractivity contribution is -0.167. The van der Waals surface area contributed by atoms with Gasteiger partial charge in [-0.2, -0.15) is 0 Å². The maximum absolute atomic E-state index is 12.9. The van der Waals surface area contributed by atoms with Crippen LogP contribution in [0, 0.1) is 0 Å². The van der Waals surface area contributed by atoms with Crippen LogP contribution in [0.15, 0.2) is 134 Å². The quantitative estimate of drug-likeness (QED) is 0.0261. The predicted molar refractivity (Wildman–Crippen MR) is 353 cm³/mol. The van der Waals surface area contributed by atoms with E-state index in [1.807, 2.05) is 0 Å². The first kappa shape index (κ1) is 76.5. The minimum absolute atomic E-state index is 0.0825. The molecule has 0 fully saturated rings. The third-order valence-electron chi connectivity index (χ3n) is 14.2. The molecule has 0 heterocycles. The van der Waals surface area contributed by atoms with E-state index in [2.05, 4.69) is 154 Å². The topological polar surface area (TPSA) is 78.9 Å². The lowest BCUT2D eigenvalue weighted by atomic mass is 10.0. The Balaban J connectivity index is 4.15. The van der Waals surface area contributed by atoms with E-state index in [9.17, 15) is 14.4 Å². The van der Waals surface area contributed by atoms with E-state index in [0.717, 1.165) is 135 Å². The second-order valence-corrected chi connectivity index (χ2v) is 22.0. The zero-order valence-electron chi connectivity index (χ0n) is 52.8. The molecular weight excluding hydrogens is 997 g/mol. The summed E-state index contributed by atoms with van der Waals surface area (Å²) in [6, 6.07) is 0. The van der Waals surface area contributed by atoms with Crippen LogP contribution < -0.4 is 0 Å². The molecule has 0 saturated carbocycles. The van der Waals surface area contributed by atoms with E-state index in [0.29, 0.717) is 19.3 Å². The number of esters is 3. The molecule has 0 radical (unpaired) electrons. The Bertz CT molecular complexity index is 1720. The summed E-state index contributed by atoms with van der Waals surface area (Å²) in [6.07, 6.45) is 96.3. The zero-order chi connectivity index (χ0) is 58.5. The Labute approximate surface area is 500 Å². The minimum atomic E-state index is -0.785. The SMILES string of the molecule is CC/C=C\C/C=C\C/C=C\C/C=C\C/C=C\C/C=C\CCCCCCCCCCC(=O)OC(COC(=O)CCCCCCCCC)COC(=O)CCCCCCCCCCCCCCC/C=C\C/C=C\C/C=C\C/C=C\C/C=C\CC. The summed E-state index contributed by atoms with van der Waals surface area (Å²) >= 11 is 0. The van der Waals surface area contributed by atoms with Crippen molar-refractivity contribution in [3.8, 4) is 0 Å². The molecule has 0 aromatic rings. The fraction of sp³-hybridized carbons (Fsp3) is 0.667. The molecule has 460 valence electrons. The van der Waals surface area contributed by atoms with E-state index in [4.69, 9.17) is 14.2 Å². The van der Waals surface area contributed by atoms with Crippen molar-refractivity contribution < 1.29 is 28.6 Å². The summed E-state index contributed by atoms with van der Waals surface area (Å²) in [5.41, 5.74) is 0. The summed E-state index contributed by atoms with van der Waals surface area (Å²) in [7, 11) is 0. The molecule has 0 saturated heterocycles. The molecule has 81 heavy (non-hydrogen) atoms. The van der Waals surface area contributed by atoms with Crippen LogP contribution in [0.2, 0.25) is 0 Å². The molecule has 0 aromatic carbocycles. The van der Waals surface area contributed by atoms with Gasteiger partial charge in [-0.05, 0) is 116 Å². The maximum atomic E-state index is 12.9. The molecule has 0 N–H and O–H groups in total. The van der Waals surface area contributed by atoms with Gasteiger partial charge in [-0.25, -0.2) is 0 Å². The average molecular weight is 1120 g/mol. The number of ether oxygens (including phenoxy) is 3. The number of unbranched alkanes of at least 4 members (excludes halogenated alkanes) is 27. The average Bonchev–Trinajstić information content (AvgIpc) is 3.46. The summed E-state index contributed by atoms with van der Waals surface area (Å²) in [6.45, 7) is 6.38. The van der Waals surface area contributed by atoms with Crippen LogP contribution in [0.4, 0.5) is 0 Å². The second-order valence-electron chi connectivity index (χ2n) is 22.0. The van der Waals surface area contributed by atoms with Gasteiger partial charge in [0.05, 0.1) is 0 Å². The van der Waals surface area contributed by atoms with E-state index >= 15 is 0 Å². The van der Waals surface area contributed by atoms with E-state index in [1.165, 1.54) is 128 Å². The lowest BCUT2D eigenvalue weighted by Gasteiger charge is -2.18. The van der Waals surface area contributed by atoms with Gasteiger partial charge in [-0.1, -0.05) is 302 Å². The fourth-order valence-corrected chi connectivity index (χ4v) is 9.18. The number of carbonyl (C=O) groups excluding carboxylic acids is 3. The van der Waals surface area contributed by atoms with Gasteiger partial charge in [0.2, 0.25) is 0 Å². The van der Waals surface area contributed by atoms with Crippen LogP contribution in [0.5, 0.6) is 0 Å². The van der Waals surface area contributed by atoms with Gasteiger partial charge < -0.3 is 14.2 Å². The van der Waals surface area contributed by atoms with Crippen molar-refractivity contribution in [1.82, 2.24) is 0 Å². The highest BCUT2D eigenvalue weighted by atomic mass is 16.6. The highest BCUT2D eigenvalue weighted by Gasteiger charge is 2.19. The third-order valence-corrected chi connectivity index (χ3v) is 14.2. The minimum Gasteiger partial charge on any atom is -0.462 e. The molecule has 0 amide bonds. The molecule has 0 bridgehead atoms. The van der Waals surface area contributed by atoms with E-state index < -0.39 is 6.10 Å².